The maximum atomic E-state index is 12.3. The molecule has 2 atom stereocenters. The summed E-state index contributed by atoms with van der Waals surface area (Å²) >= 11 is 1.59. The van der Waals surface area contributed by atoms with Crippen LogP contribution < -0.4 is 10.1 Å². The van der Waals surface area contributed by atoms with Crippen molar-refractivity contribution in [3.8, 4) is 5.75 Å². The third kappa shape index (κ3) is 2.70. The van der Waals surface area contributed by atoms with Crippen molar-refractivity contribution in [1.29, 1.82) is 0 Å². The van der Waals surface area contributed by atoms with E-state index in [9.17, 15) is 4.79 Å². The van der Waals surface area contributed by atoms with Crippen molar-refractivity contribution < 1.29 is 9.53 Å². The van der Waals surface area contributed by atoms with Gasteiger partial charge in [0.15, 0.2) is 4.96 Å². The van der Waals surface area contributed by atoms with Gasteiger partial charge in [0.05, 0.1) is 19.3 Å². The number of carbonyl (C=O) groups excluding carboxylic acids is 1. The molecule has 1 fully saturated rings. The third-order valence-corrected chi connectivity index (χ3v) is 5.02. The van der Waals surface area contributed by atoms with E-state index in [-0.39, 0.29) is 17.7 Å². The molecule has 3 aromatic rings. The number of carbonyl (C=O) groups is 1. The number of aromatic nitrogens is 2. The highest BCUT2D eigenvalue weighted by Gasteiger charge is 2.45. The lowest BCUT2D eigenvalue weighted by Gasteiger charge is -2.07. The van der Waals surface area contributed by atoms with Crippen molar-refractivity contribution in [2.24, 2.45) is 5.92 Å². The highest BCUT2D eigenvalue weighted by molar-refractivity contribution is 7.15. The summed E-state index contributed by atoms with van der Waals surface area (Å²) in [4.78, 5) is 17.8. The lowest BCUT2D eigenvalue weighted by molar-refractivity contribution is -0.122. The van der Waals surface area contributed by atoms with E-state index in [0.29, 0.717) is 6.54 Å². The van der Waals surface area contributed by atoms with Gasteiger partial charge in [-0.3, -0.25) is 9.20 Å². The van der Waals surface area contributed by atoms with Crippen molar-refractivity contribution in [3.05, 3.63) is 53.3 Å². The summed E-state index contributed by atoms with van der Waals surface area (Å²) in [7, 11) is 1.67. The molecule has 5 nitrogen and oxygen atoms in total. The molecule has 2 heterocycles. The second-order valence-corrected chi connectivity index (χ2v) is 6.61. The van der Waals surface area contributed by atoms with Gasteiger partial charge >= 0.3 is 0 Å². The first-order valence-electron chi connectivity index (χ1n) is 7.58. The molecule has 1 aliphatic rings. The van der Waals surface area contributed by atoms with Crippen LogP contribution in [0.4, 0.5) is 0 Å². The minimum Gasteiger partial charge on any atom is -0.496 e. The number of imidazole rings is 1. The highest BCUT2D eigenvalue weighted by Crippen LogP contribution is 2.50. The number of para-hydroxylation sites is 1. The minimum absolute atomic E-state index is 0.0371. The molecule has 0 radical (unpaired) electrons. The van der Waals surface area contributed by atoms with E-state index in [2.05, 4.69) is 10.3 Å². The normalized spacial score (nSPS) is 19.7. The van der Waals surface area contributed by atoms with Crippen molar-refractivity contribution in [2.75, 3.05) is 7.11 Å². The van der Waals surface area contributed by atoms with Gasteiger partial charge in [-0.2, -0.15) is 0 Å². The zero-order chi connectivity index (χ0) is 15.8. The molecule has 1 N–H and O–H groups in total. The number of ether oxygens (including phenoxy) is 1. The molecule has 1 saturated carbocycles. The molecule has 6 heteroatoms. The summed E-state index contributed by atoms with van der Waals surface area (Å²) in [5.41, 5.74) is 2.01. The van der Waals surface area contributed by atoms with E-state index < -0.39 is 0 Å². The molecule has 118 valence electrons. The quantitative estimate of drug-likeness (QED) is 0.784. The molecule has 23 heavy (non-hydrogen) atoms. The highest BCUT2D eigenvalue weighted by atomic mass is 32.1. The van der Waals surface area contributed by atoms with E-state index in [1.165, 1.54) is 0 Å². The molecule has 0 bridgehead atoms. The monoisotopic (exact) mass is 327 g/mol. The van der Waals surface area contributed by atoms with Crippen LogP contribution in [0.25, 0.3) is 4.96 Å². The van der Waals surface area contributed by atoms with E-state index in [1.54, 1.807) is 18.4 Å². The fraction of sp³-hybridized carbons (Fsp3) is 0.294. The van der Waals surface area contributed by atoms with Crippen LogP contribution in [0.15, 0.2) is 42.0 Å². The predicted octanol–water partition coefficient (Wildman–Crippen LogP) is 2.82. The molecule has 2 unspecified atom stereocenters. The largest absolute Gasteiger partial charge is 0.496 e. The first kappa shape index (κ1) is 14.3. The van der Waals surface area contributed by atoms with Crippen LogP contribution in [0.1, 0.15) is 23.6 Å². The van der Waals surface area contributed by atoms with Crippen LogP contribution in [-0.2, 0) is 11.3 Å². The minimum atomic E-state index is 0.0371. The van der Waals surface area contributed by atoms with Crippen molar-refractivity contribution in [1.82, 2.24) is 14.7 Å². The van der Waals surface area contributed by atoms with Gasteiger partial charge in [-0.15, -0.1) is 11.3 Å². The summed E-state index contributed by atoms with van der Waals surface area (Å²) < 4.78 is 7.36. The molecule has 4 rings (SSSR count). The van der Waals surface area contributed by atoms with Gasteiger partial charge in [0.1, 0.15) is 5.75 Å². The smallest absolute Gasteiger partial charge is 0.224 e. The third-order valence-electron chi connectivity index (χ3n) is 4.25. The number of benzene rings is 1. The standard InChI is InChI=1S/C17H17N3O2S/c1-22-15-5-3-2-4-12(15)13-8-14(13)16(21)18-9-11-10-20-6-7-23-17(20)19-11/h2-7,10,13-14H,8-9H2,1H3,(H,18,21). The predicted molar refractivity (Wildman–Crippen MR) is 88.8 cm³/mol. The van der Waals surface area contributed by atoms with E-state index in [0.717, 1.165) is 28.4 Å². The summed E-state index contributed by atoms with van der Waals surface area (Å²) in [6.07, 6.45) is 4.80. The van der Waals surface area contributed by atoms with Crippen LogP contribution in [0, 0.1) is 5.92 Å². The molecule has 0 aliphatic heterocycles. The van der Waals surface area contributed by atoms with E-state index in [1.807, 2.05) is 46.4 Å². The van der Waals surface area contributed by atoms with Crippen molar-refractivity contribution >= 4 is 22.2 Å². The molecular formula is C17H17N3O2S. The number of nitrogens with zero attached hydrogens (tertiary/aromatic N) is 2. The van der Waals surface area contributed by atoms with Crippen molar-refractivity contribution in [2.45, 2.75) is 18.9 Å². The number of hydrogen-bond acceptors (Lipinski definition) is 4. The molecule has 2 aromatic heterocycles. The SMILES string of the molecule is COc1ccccc1C1CC1C(=O)NCc1cn2ccsc2n1. The second-order valence-electron chi connectivity index (χ2n) is 5.73. The maximum absolute atomic E-state index is 12.3. The molecule has 0 spiro atoms. The van der Waals surface area contributed by atoms with Gasteiger partial charge < -0.3 is 10.1 Å². The van der Waals surface area contributed by atoms with Gasteiger partial charge in [0.2, 0.25) is 5.91 Å². The number of methoxy groups -OCH3 is 1. The Morgan fingerprint density at radius 1 is 1.48 bits per heavy atom. The Morgan fingerprint density at radius 2 is 2.35 bits per heavy atom. The number of rotatable bonds is 5. The van der Waals surface area contributed by atoms with Gasteiger partial charge in [-0.1, -0.05) is 18.2 Å². The van der Waals surface area contributed by atoms with E-state index >= 15 is 0 Å². The van der Waals surface area contributed by atoms with Crippen LogP contribution >= 0.6 is 11.3 Å². The Morgan fingerprint density at radius 3 is 3.17 bits per heavy atom. The Bertz CT molecular complexity index is 826. The fourth-order valence-corrected chi connectivity index (χ4v) is 3.69. The topological polar surface area (TPSA) is 55.6 Å². The Labute approximate surface area is 137 Å². The summed E-state index contributed by atoms with van der Waals surface area (Å²) in [6, 6.07) is 7.92. The number of fused-ring (bicyclic) bond motifs is 1. The fourth-order valence-electron chi connectivity index (χ4n) is 2.97. The zero-order valence-electron chi connectivity index (χ0n) is 12.7. The first-order valence-corrected chi connectivity index (χ1v) is 8.46. The lowest BCUT2D eigenvalue weighted by atomic mass is 10.1. The van der Waals surface area contributed by atoms with Crippen LogP contribution in [0.2, 0.25) is 0 Å². The summed E-state index contributed by atoms with van der Waals surface area (Å²) in [5.74, 6) is 1.26. The van der Waals surface area contributed by atoms with Gasteiger partial charge in [-0.05, 0) is 24.0 Å². The van der Waals surface area contributed by atoms with E-state index in [4.69, 9.17) is 4.74 Å². The Kier molecular flexibility index (Phi) is 3.53. The molecule has 1 amide bonds. The van der Waals surface area contributed by atoms with Crippen molar-refractivity contribution in [3.63, 3.8) is 0 Å². The van der Waals surface area contributed by atoms with Crippen LogP contribution in [-0.4, -0.2) is 22.4 Å². The zero-order valence-corrected chi connectivity index (χ0v) is 13.5. The van der Waals surface area contributed by atoms with Crippen LogP contribution in [0.5, 0.6) is 5.75 Å². The average Bonchev–Trinajstić information content (AvgIpc) is 3.10. The first-order chi connectivity index (χ1) is 11.3. The molecule has 0 saturated heterocycles. The molecule has 1 aromatic carbocycles. The Hall–Kier alpha value is -2.34. The average molecular weight is 327 g/mol. The van der Waals surface area contributed by atoms with Gasteiger partial charge in [0.25, 0.3) is 0 Å². The summed E-state index contributed by atoms with van der Waals surface area (Å²) in [5, 5.41) is 4.99. The number of amides is 1. The lowest BCUT2D eigenvalue weighted by Crippen LogP contribution is -2.25. The maximum Gasteiger partial charge on any atom is 0.224 e. The van der Waals surface area contributed by atoms with Gasteiger partial charge in [0, 0.05) is 23.7 Å². The Balaban J connectivity index is 1.38. The number of hydrogen-bond donors (Lipinski definition) is 1. The molecule has 1 aliphatic carbocycles. The van der Waals surface area contributed by atoms with Crippen LogP contribution in [0.3, 0.4) is 0 Å². The molecular weight excluding hydrogens is 310 g/mol. The summed E-state index contributed by atoms with van der Waals surface area (Å²) in [6.45, 7) is 0.475. The number of nitrogens with one attached hydrogen (secondary N) is 1. The number of thiazole rings is 1. The van der Waals surface area contributed by atoms with Gasteiger partial charge in [-0.25, -0.2) is 4.98 Å². The second kappa shape index (κ2) is 5.70.